The molecule has 0 N–H and O–H groups in total. The third kappa shape index (κ3) is 6.16. The van der Waals surface area contributed by atoms with Gasteiger partial charge >= 0.3 is 6.18 Å². The smallest absolute Gasteiger partial charge is 0.366 e. The topological polar surface area (TPSA) is 29.5 Å². The minimum Gasteiger partial charge on any atom is -0.366 e. The van der Waals surface area contributed by atoms with Gasteiger partial charge in [0.2, 0.25) is 5.91 Å². The number of rotatable bonds is 4. The third-order valence-electron chi connectivity index (χ3n) is 2.76. The zero-order valence-electron chi connectivity index (χ0n) is 12.6. The van der Waals surface area contributed by atoms with Crippen LogP contribution in [0.3, 0.4) is 0 Å². The Labute approximate surface area is 122 Å². The number of ether oxygens (including phenoxy) is 1. The van der Waals surface area contributed by atoms with Crippen LogP contribution in [0.4, 0.5) is 13.2 Å². The quantitative estimate of drug-likeness (QED) is 0.852. The summed E-state index contributed by atoms with van der Waals surface area (Å²) in [5.74, 6) is -0.218. The van der Waals surface area contributed by atoms with Crippen LogP contribution >= 0.6 is 0 Å². The van der Waals surface area contributed by atoms with Crippen molar-refractivity contribution in [2.24, 2.45) is 0 Å². The molecule has 1 aromatic rings. The first kappa shape index (κ1) is 17.5. The average Bonchev–Trinajstić information content (AvgIpc) is 2.34. The van der Waals surface area contributed by atoms with Crippen LogP contribution in [0.25, 0.3) is 0 Å². The van der Waals surface area contributed by atoms with E-state index in [1.165, 1.54) is 17.0 Å². The lowest BCUT2D eigenvalue weighted by atomic mass is 10.1. The predicted molar refractivity (Wildman–Crippen MR) is 73.6 cm³/mol. The lowest BCUT2D eigenvalue weighted by Gasteiger charge is -2.22. The van der Waals surface area contributed by atoms with Gasteiger partial charge in [0.05, 0.1) is 11.2 Å². The van der Waals surface area contributed by atoms with Crippen LogP contribution in [0.5, 0.6) is 0 Å². The highest BCUT2D eigenvalue weighted by Gasteiger charge is 2.30. The summed E-state index contributed by atoms with van der Waals surface area (Å²) in [6.07, 6.45) is -4.35. The summed E-state index contributed by atoms with van der Waals surface area (Å²) in [7, 11) is 1.59. The van der Waals surface area contributed by atoms with Crippen molar-refractivity contribution < 1.29 is 22.7 Å². The number of benzene rings is 1. The molecule has 1 aromatic carbocycles. The second kappa shape index (κ2) is 6.47. The number of halogens is 3. The maximum atomic E-state index is 12.4. The average molecular weight is 303 g/mol. The van der Waals surface area contributed by atoms with Crippen LogP contribution in [0.2, 0.25) is 0 Å². The number of hydrogen-bond acceptors (Lipinski definition) is 2. The Kier molecular flexibility index (Phi) is 5.39. The molecule has 1 amide bonds. The highest BCUT2D eigenvalue weighted by atomic mass is 19.4. The first-order valence-electron chi connectivity index (χ1n) is 6.53. The summed E-state index contributed by atoms with van der Waals surface area (Å²) in [5.41, 5.74) is -0.476. The Balaban J connectivity index is 2.58. The van der Waals surface area contributed by atoms with E-state index in [4.69, 9.17) is 4.74 Å². The molecule has 1 rings (SSSR count). The number of amides is 1. The number of carbonyl (C=O) groups excluding carboxylic acids is 1. The van der Waals surface area contributed by atoms with Gasteiger partial charge in [0.25, 0.3) is 0 Å². The van der Waals surface area contributed by atoms with Crippen molar-refractivity contribution in [1.29, 1.82) is 0 Å². The van der Waals surface area contributed by atoms with Crippen LogP contribution in [-0.4, -0.2) is 30.1 Å². The van der Waals surface area contributed by atoms with Gasteiger partial charge in [-0.05, 0) is 38.5 Å². The van der Waals surface area contributed by atoms with E-state index in [9.17, 15) is 18.0 Å². The molecule has 0 radical (unpaired) electrons. The Morgan fingerprint density at radius 1 is 1.14 bits per heavy atom. The monoisotopic (exact) mass is 303 g/mol. The van der Waals surface area contributed by atoms with E-state index in [0.717, 1.165) is 12.1 Å². The summed E-state index contributed by atoms with van der Waals surface area (Å²) < 4.78 is 42.7. The minimum atomic E-state index is -4.35. The van der Waals surface area contributed by atoms with E-state index in [1.807, 2.05) is 20.8 Å². The standard InChI is InChI=1S/C15H20F3NO2/c1-14(2,3)21-10-13(20)19(4)9-11-5-7-12(8-6-11)15(16,17)18/h5-8H,9-10H2,1-4H3. The number of hydrogen-bond donors (Lipinski definition) is 0. The highest BCUT2D eigenvalue weighted by Crippen LogP contribution is 2.29. The predicted octanol–water partition coefficient (Wildman–Crippen LogP) is 3.48. The summed E-state index contributed by atoms with van der Waals surface area (Å²) in [6, 6.07) is 4.77. The molecule has 0 saturated heterocycles. The molecular formula is C15H20F3NO2. The largest absolute Gasteiger partial charge is 0.416 e. The zero-order valence-corrected chi connectivity index (χ0v) is 12.6. The van der Waals surface area contributed by atoms with Gasteiger partial charge in [-0.3, -0.25) is 4.79 Å². The number of carbonyl (C=O) groups is 1. The Morgan fingerprint density at radius 3 is 2.10 bits per heavy atom. The van der Waals surface area contributed by atoms with Gasteiger partial charge in [-0.1, -0.05) is 12.1 Å². The van der Waals surface area contributed by atoms with Crippen molar-refractivity contribution >= 4 is 5.91 Å². The Morgan fingerprint density at radius 2 is 1.67 bits per heavy atom. The second-order valence-corrected chi connectivity index (χ2v) is 5.85. The molecule has 0 aliphatic carbocycles. The van der Waals surface area contributed by atoms with Gasteiger partial charge < -0.3 is 9.64 Å². The first-order valence-corrected chi connectivity index (χ1v) is 6.53. The van der Waals surface area contributed by atoms with Crippen LogP contribution in [-0.2, 0) is 22.3 Å². The molecule has 0 unspecified atom stereocenters. The SMILES string of the molecule is CN(Cc1ccc(C(F)(F)F)cc1)C(=O)COC(C)(C)C. The first-order chi connectivity index (χ1) is 9.49. The number of nitrogens with zero attached hydrogens (tertiary/aromatic N) is 1. The number of likely N-dealkylation sites (N-methyl/N-ethyl adjacent to an activating group) is 1. The van der Waals surface area contributed by atoms with Crippen LogP contribution < -0.4 is 0 Å². The lowest BCUT2D eigenvalue weighted by molar-refractivity contribution is -0.140. The van der Waals surface area contributed by atoms with Crippen LogP contribution in [0.15, 0.2) is 24.3 Å². The van der Waals surface area contributed by atoms with Gasteiger partial charge in [-0.15, -0.1) is 0 Å². The van der Waals surface area contributed by atoms with Crippen molar-refractivity contribution in [3.05, 3.63) is 35.4 Å². The summed E-state index contributed by atoms with van der Waals surface area (Å²) in [6.45, 7) is 5.72. The molecule has 0 bridgehead atoms. The fourth-order valence-electron chi connectivity index (χ4n) is 1.55. The summed E-state index contributed by atoms with van der Waals surface area (Å²) in [5, 5.41) is 0. The van der Waals surface area contributed by atoms with Crippen molar-refractivity contribution in [3.63, 3.8) is 0 Å². The Hall–Kier alpha value is -1.56. The molecule has 0 aliphatic heterocycles. The van der Waals surface area contributed by atoms with E-state index in [1.54, 1.807) is 7.05 Å². The molecule has 6 heteroatoms. The van der Waals surface area contributed by atoms with E-state index in [0.29, 0.717) is 5.56 Å². The third-order valence-corrected chi connectivity index (χ3v) is 2.76. The Bertz CT molecular complexity index is 475. The summed E-state index contributed by atoms with van der Waals surface area (Å²) in [4.78, 5) is 13.3. The van der Waals surface area contributed by atoms with Crippen molar-refractivity contribution in [3.8, 4) is 0 Å². The lowest BCUT2D eigenvalue weighted by Crippen LogP contribution is -2.33. The molecule has 3 nitrogen and oxygen atoms in total. The molecular weight excluding hydrogens is 283 g/mol. The van der Waals surface area contributed by atoms with Gasteiger partial charge in [0.15, 0.2) is 0 Å². The second-order valence-electron chi connectivity index (χ2n) is 5.85. The molecule has 0 fully saturated rings. The fraction of sp³-hybridized carbons (Fsp3) is 0.533. The molecule has 0 heterocycles. The molecule has 118 valence electrons. The summed E-state index contributed by atoms with van der Waals surface area (Å²) >= 11 is 0. The number of alkyl halides is 3. The normalized spacial score (nSPS) is 12.3. The van der Waals surface area contributed by atoms with Crippen molar-refractivity contribution in [1.82, 2.24) is 4.90 Å². The van der Waals surface area contributed by atoms with Crippen molar-refractivity contribution in [2.75, 3.05) is 13.7 Å². The van der Waals surface area contributed by atoms with Crippen molar-refractivity contribution in [2.45, 2.75) is 39.1 Å². The van der Waals surface area contributed by atoms with E-state index < -0.39 is 17.3 Å². The molecule has 0 saturated carbocycles. The zero-order chi connectivity index (χ0) is 16.3. The fourth-order valence-corrected chi connectivity index (χ4v) is 1.55. The van der Waals surface area contributed by atoms with E-state index in [2.05, 4.69) is 0 Å². The van der Waals surface area contributed by atoms with E-state index in [-0.39, 0.29) is 19.1 Å². The molecule has 0 atom stereocenters. The van der Waals surface area contributed by atoms with E-state index >= 15 is 0 Å². The van der Waals surface area contributed by atoms with Gasteiger partial charge in [-0.25, -0.2) is 0 Å². The maximum absolute atomic E-state index is 12.4. The maximum Gasteiger partial charge on any atom is 0.416 e. The molecule has 0 aromatic heterocycles. The van der Waals surface area contributed by atoms with Gasteiger partial charge in [0, 0.05) is 13.6 Å². The van der Waals surface area contributed by atoms with Gasteiger partial charge in [-0.2, -0.15) is 13.2 Å². The van der Waals surface area contributed by atoms with Crippen LogP contribution in [0.1, 0.15) is 31.9 Å². The van der Waals surface area contributed by atoms with Crippen LogP contribution in [0, 0.1) is 0 Å². The minimum absolute atomic E-state index is 0.0549. The molecule has 0 spiro atoms. The molecule has 21 heavy (non-hydrogen) atoms. The van der Waals surface area contributed by atoms with Gasteiger partial charge in [0.1, 0.15) is 6.61 Å². The highest BCUT2D eigenvalue weighted by molar-refractivity contribution is 5.77. The molecule has 0 aliphatic rings.